The lowest BCUT2D eigenvalue weighted by atomic mass is 10.1. The van der Waals surface area contributed by atoms with Crippen LogP contribution in [0.4, 0.5) is 4.39 Å². The molecule has 3 fully saturated rings. The number of benzene rings is 1. The molecule has 1 aromatic rings. The van der Waals surface area contributed by atoms with E-state index in [1.807, 2.05) is 0 Å². The highest BCUT2D eigenvalue weighted by Gasteiger charge is 2.42. The number of rotatable bonds is 3. The monoisotopic (exact) mass is 318 g/mol. The maximum absolute atomic E-state index is 13.5. The number of hydrogen-bond donors (Lipinski definition) is 1. The lowest BCUT2D eigenvalue weighted by molar-refractivity contribution is -0.0581. The number of carbonyl (C=O) groups is 1. The van der Waals surface area contributed by atoms with Gasteiger partial charge in [-0.05, 0) is 55.9 Å². The van der Waals surface area contributed by atoms with Gasteiger partial charge in [0.1, 0.15) is 5.82 Å². The number of ether oxygens (including phenoxy) is 1. The van der Waals surface area contributed by atoms with Crippen molar-refractivity contribution < 1.29 is 13.9 Å². The molecule has 1 amide bonds. The number of nitrogens with zero attached hydrogens (tertiary/aromatic N) is 1. The van der Waals surface area contributed by atoms with Crippen molar-refractivity contribution >= 4 is 5.91 Å². The van der Waals surface area contributed by atoms with Crippen LogP contribution in [0.25, 0.3) is 0 Å². The van der Waals surface area contributed by atoms with E-state index in [4.69, 9.17) is 4.74 Å². The molecule has 0 radical (unpaired) electrons. The summed E-state index contributed by atoms with van der Waals surface area (Å²) in [5.74, 6) is 0.205. The molecule has 124 valence electrons. The lowest BCUT2D eigenvalue weighted by Gasteiger charge is -2.35. The predicted molar refractivity (Wildman–Crippen MR) is 84.8 cm³/mol. The van der Waals surface area contributed by atoms with Crippen LogP contribution < -0.4 is 5.32 Å². The van der Waals surface area contributed by atoms with Crippen molar-refractivity contribution in [3.05, 3.63) is 35.1 Å². The molecule has 5 heteroatoms. The summed E-state index contributed by atoms with van der Waals surface area (Å²) < 4.78 is 19.4. The SMILES string of the molecule is Cc1cc(F)cc(C(=O)N[C@H]2C[C@H]3CO[C@@H](C4CC4)CN3C2)c1. The topological polar surface area (TPSA) is 41.6 Å². The van der Waals surface area contributed by atoms with Crippen molar-refractivity contribution in [1.29, 1.82) is 0 Å². The van der Waals surface area contributed by atoms with E-state index in [-0.39, 0.29) is 17.8 Å². The first-order valence-corrected chi connectivity index (χ1v) is 8.52. The molecule has 3 aliphatic rings. The third-order valence-corrected chi connectivity index (χ3v) is 5.23. The van der Waals surface area contributed by atoms with Crippen molar-refractivity contribution in [2.75, 3.05) is 19.7 Å². The Balaban J connectivity index is 1.37. The number of morpholine rings is 1. The highest BCUT2D eigenvalue weighted by Crippen LogP contribution is 2.37. The van der Waals surface area contributed by atoms with E-state index >= 15 is 0 Å². The normalized spacial score (nSPS) is 31.0. The molecule has 4 nitrogen and oxygen atoms in total. The molecule has 2 heterocycles. The number of fused-ring (bicyclic) bond motifs is 1. The third-order valence-electron chi connectivity index (χ3n) is 5.23. The van der Waals surface area contributed by atoms with Gasteiger partial charge in [0.05, 0.1) is 12.7 Å². The van der Waals surface area contributed by atoms with Crippen molar-refractivity contribution in [2.24, 2.45) is 5.92 Å². The molecule has 0 unspecified atom stereocenters. The molecular formula is C18H23FN2O2. The van der Waals surface area contributed by atoms with Crippen LogP contribution in [-0.2, 0) is 4.74 Å². The fraction of sp³-hybridized carbons (Fsp3) is 0.611. The van der Waals surface area contributed by atoms with Crippen LogP contribution in [0.5, 0.6) is 0 Å². The third kappa shape index (κ3) is 3.26. The molecule has 0 aromatic heterocycles. The van der Waals surface area contributed by atoms with E-state index < -0.39 is 0 Å². The van der Waals surface area contributed by atoms with Gasteiger partial charge < -0.3 is 10.1 Å². The van der Waals surface area contributed by atoms with E-state index in [1.54, 1.807) is 13.0 Å². The minimum atomic E-state index is -0.361. The summed E-state index contributed by atoms with van der Waals surface area (Å²) in [7, 11) is 0. The predicted octanol–water partition coefficient (Wildman–Crippen LogP) is 2.12. The standard InChI is InChI=1S/C18H23FN2O2/c1-11-4-13(6-14(19)5-11)18(22)20-15-7-16-10-23-17(12-2-3-12)9-21(16)8-15/h4-6,12,15-17H,2-3,7-10H2,1H3,(H,20,22)/t15-,16-,17+/m0/s1. The Morgan fingerprint density at radius 1 is 1.30 bits per heavy atom. The van der Waals surface area contributed by atoms with Crippen molar-refractivity contribution in [3.63, 3.8) is 0 Å². The fourth-order valence-electron chi connectivity index (χ4n) is 3.89. The zero-order valence-electron chi connectivity index (χ0n) is 13.4. The van der Waals surface area contributed by atoms with Gasteiger partial charge in [0.25, 0.3) is 5.91 Å². The summed E-state index contributed by atoms with van der Waals surface area (Å²) in [5.41, 5.74) is 1.17. The average Bonchev–Trinajstić information content (AvgIpc) is 3.26. The van der Waals surface area contributed by atoms with Gasteiger partial charge >= 0.3 is 0 Å². The van der Waals surface area contributed by atoms with Crippen LogP contribution in [0.2, 0.25) is 0 Å². The molecular weight excluding hydrogens is 295 g/mol. The molecule has 4 rings (SSSR count). The summed E-state index contributed by atoms with van der Waals surface area (Å²) in [5, 5.41) is 3.06. The molecule has 1 N–H and O–H groups in total. The van der Waals surface area contributed by atoms with Crippen LogP contribution in [0.3, 0.4) is 0 Å². The van der Waals surface area contributed by atoms with E-state index in [9.17, 15) is 9.18 Å². The lowest BCUT2D eigenvalue weighted by Crippen LogP contribution is -2.47. The number of amides is 1. The molecule has 3 atom stereocenters. The molecule has 0 bridgehead atoms. The van der Waals surface area contributed by atoms with Gasteiger partial charge in [-0.15, -0.1) is 0 Å². The van der Waals surface area contributed by atoms with Crippen LogP contribution in [-0.4, -0.2) is 48.7 Å². The number of hydrogen-bond acceptors (Lipinski definition) is 3. The largest absolute Gasteiger partial charge is 0.375 e. The van der Waals surface area contributed by atoms with E-state index in [2.05, 4.69) is 10.2 Å². The van der Waals surface area contributed by atoms with Crippen LogP contribution >= 0.6 is 0 Å². The van der Waals surface area contributed by atoms with Gasteiger partial charge in [-0.1, -0.05) is 0 Å². The first kappa shape index (κ1) is 15.1. The van der Waals surface area contributed by atoms with Crippen molar-refractivity contribution in [2.45, 2.75) is 44.4 Å². The fourth-order valence-corrected chi connectivity index (χ4v) is 3.89. The highest BCUT2D eigenvalue weighted by molar-refractivity contribution is 5.94. The van der Waals surface area contributed by atoms with E-state index in [1.165, 1.54) is 25.0 Å². The Kier molecular flexibility index (Phi) is 3.85. The van der Waals surface area contributed by atoms with E-state index in [0.717, 1.165) is 37.6 Å². The molecule has 0 spiro atoms. The number of aryl methyl sites for hydroxylation is 1. The van der Waals surface area contributed by atoms with Gasteiger partial charge in [0.15, 0.2) is 0 Å². The summed E-state index contributed by atoms with van der Waals surface area (Å²) in [4.78, 5) is 14.8. The Hall–Kier alpha value is -1.46. The smallest absolute Gasteiger partial charge is 0.251 e. The second-order valence-corrected chi connectivity index (χ2v) is 7.24. The minimum absolute atomic E-state index is 0.123. The molecule has 1 aromatic carbocycles. The zero-order valence-corrected chi connectivity index (χ0v) is 13.4. The second kappa shape index (κ2) is 5.87. The van der Waals surface area contributed by atoms with Crippen LogP contribution in [0.15, 0.2) is 18.2 Å². The first-order valence-electron chi connectivity index (χ1n) is 8.52. The minimum Gasteiger partial charge on any atom is -0.375 e. The Morgan fingerprint density at radius 3 is 2.87 bits per heavy atom. The van der Waals surface area contributed by atoms with Crippen molar-refractivity contribution in [1.82, 2.24) is 10.2 Å². The van der Waals surface area contributed by atoms with Gasteiger partial charge in [0, 0.05) is 30.7 Å². The van der Waals surface area contributed by atoms with E-state index in [0.29, 0.717) is 17.7 Å². The maximum Gasteiger partial charge on any atom is 0.251 e. The van der Waals surface area contributed by atoms with Gasteiger partial charge in [-0.25, -0.2) is 4.39 Å². The second-order valence-electron chi connectivity index (χ2n) is 7.24. The van der Waals surface area contributed by atoms with Gasteiger partial charge in [-0.3, -0.25) is 9.69 Å². The Bertz CT molecular complexity index is 597. The summed E-state index contributed by atoms with van der Waals surface area (Å²) in [6, 6.07) is 4.99. The molecule has 2 aliphatic heterocycles. The zero-order chi connectivity index (χ0) is 16.0. The molecule has 1 saturated carbocycles. The molecule has 1 aliphatic carbocycles. The van der Waals surface area contributed by atoms with Gasteiger partial charge in [0.2, 0.25) is 0 Å². The quantitative estimate of drug-likeness (QED) is 0.928. The van der Waals surface area contributed by atoms with Gasteiger partial charge in [-0.2, -0.15) is 0 Å². The van der Waals surface area contributed by atoms with Crippen molar-refractivity contribution in [3.8, 4) is 0 Å². The Morgan fingerprint density at radius 2 is 2.13 bits per heavy atom. The summed E-state index contributed by atoms with van der Waals surface area (Å²) in [6.45, 7) is 4.43. The summed E-state index contributed by atoms with van der Waals surface area (Å²) in [6.07, 6.45) is 3.88. The average molecular weight is 318 g/mol. The summed E-state index contributed by atoms with van der Waals surface area (Å²) >= 11 is 0. The number of nitrogens with one attached hydrogen (secondary N) is 1. The molecule has 2 saturated heterocycles. The highest BCUT2D eigenvalue weighted by atomic mass is 19.1. The van der Waals surface area contributed by atoms with Crippen LogP contribution in [0, 0.1) is 18.7 Å². The Labute approximate surface area is 136 Å². The number of halogens is 1. The first-order chi connectivity index (χ1) is 11.1. The maximum atomic E-state index is 13.5. The molecule has 23 heavy (non-hydrogen) atoms. The van der Waals surface area contributed by atoms with Crippen LogP contribution in [0.1, 0.15) is 35.2 Å². The number of carbonyl (C=O) groups excluding carboxylic acids is 1.